The molecule has 22 heavy (non-hydrogen) atoms. The summed E-state index contributed by atoms with van der Waals surface area (Å²) in [6.07, 6.45) is 12.9. The Kier molecular flexibility index (Phi) is 4.87. The average Bonchev–Trinajstić information content (AvgIpc) is 2.48. The van der Waals surface area contributed by atoms with Crippen LogP contribution in [-0.4, -0.2) is 35.1 Å². The van der Waals surface area contributed by atoms with E-state index in [-0.39, 0.29) is 5.54 Å². The molecule has 4 N–H and O–H groups in total. The molecule has 3 rings (SSSR count). The fraction of sp³-hybridized carbons (Fsp3) is 1.00. The first kappa shape index (κ1) is 16.7. The molecule has 0 aromatic carbocycles. The van der Waals surface area contributed by atoms with E-state index in [4.69, 9.17) is 11.5 Å². The summed E-state index contributed by atoms with van der Waals surface area (Å²) in [5, 5.41) is 0. The zero-order valence-electron chi connectivity index (χ0n) is 14.8. The van der Waals surface area contributed by atoms with Gasteiger partial charge in [-0.05, 0) is 70.6 Å². The predicted molar refractivity (Wildman–Crippen MR) is 93.7 cm³/mol. The molecule has 4 unspecified atom stereocenters. The third-order valence-electron chi connectivity index (χ3n) is 7.17. The minimum absolute atomic E-state index is 0.0346. The van der Waals surface area contributed by atoms with Crippen LogP contribution < -0.4 is 11.5 Å². The summed E-state index contributed by atoms with van der Waals surface area (Å²) in [5.41, 5.74) is 13.4. The monoisotopic (exact) mass is 307 g/mol. The van der Waals surface area contributed by atoms with Gasteiger partial charge in [0.15, 0.2) is 0 Å². The molecule has 3 heteroatoms. The highest BCUT2D eigenvalue weighted by Crippen LogP contribution is 2.43. The molecule has 0 radical (unpaired) electrons. The van der Waals surface area contributed by atoms with Gasteiger partial charge >= 0.3 is 0 Å². The van der Waals surface area contributed by atoms with Crippen LogP contribution in [0.5, 0.6) is 0 Å². The molecule has 0 aromatic rings. The van der Waals surface area contributed by atoms with E-state index in [2.05, 4.69) is 18.7 Å². The van der Waals surface area contributed by atoms with Gasteiger partial charge in [0.05, 0.1) is 0 Å². The van der Waals surface area contributed by atoms with Gasteiger partial charge in [-0.15, -0.1) is 0 Å². The Morgan fingerprint density at radius 1 is 0.909 bits per heavy atom. The summed E-state index contributed by atoms with van der Waals surface area (Å²) in [6, 6.07) is 0.448. The van der Waals surface area contributed by atoms with Crippen LogP contribution in [0.15, 0.2) is 0 Å². The van der Waals surface area contributed by atoms with Gasteiger partial charge in [0.1, 0.15) is 0 Å². The van der Waals surface area contributed by atoms with Crippen molar-refractivity contribution < 1.29 is 0 Å². The van der Waals surface area contributed by atoms with Crippen LogP contribution >= 0.6 is 0 Å². The molecule has 128 valence electrons. The van der Waals surface area contributed by atoms with E-state index in [1.807, 2.05) is 0 Å². The normalized spacial score (nSPS) is 48.3. The second-order valence-electron chi connectivity index (χ2n) is 9.11. The first-order valence-electron chi connectivity index (χ1n) is 9.69. The predicted octanol–water partition coefficient (Wildman–Crippen LogP) is 3.27. The van der Waals surface area contributed by atoms with Gasteiger partial charge in [-0.25, -0.2) is 0 Å². The third-order valence-corrected chi connectivity index (χ3v) is 7.17. The zero-order chi connectivity index (χ0) is 15.8. The Hall–Kier alpha value is -0.120. The lowest BCUT2D eigenvalue weighted by molar-refractivity contribution is 0.0431. The van der Waals surface area contributed by atoms with Gasteiger partial charge in [0, 0.05) is 30.2 Å². The van der Waals surface area contributed by atoms with E-state index in [0.29, 0.717) is 11.6 Å². The number of nitrogens with two attached hydrogens (primary N) is 2. The minimum atomic E-state index is 0.0346. The molecule has 3 nitrogen and oxygen atoms in total. The molecule has 0 bridgehead atoms. The van der Waals surface area contributed by atoms with E-state index in [1.165, 1.54) is 77.3 Å². The first-order chi connectivity index (χ1) is 10.4. The first-order valence-corrected chi connectivity index (χ1v) is 9.69. The second-order valence-corrected chi connectivity index (χ2v) is 9.11. The lowest BCUT2D eigenvalue weighted by Gasteiger charge is -2.46. The molecule has 0 spiro atoms. The molecule has 3 fully saturated rings. The smallest absolute Gasteiger partial charge is 0.0182 e. The van der Waals surface area contributed by atoms with E-state index in [9.17, 15) is 0 Å². The van der Waals surface area contributed by atoms with Crippen molar-refractivity contribution in [3.63, 3.8) is 0 Å². The highest BCUT2D eigenvalue weighted by Gasteiger charge is 2.43. The van der Waals surface area contributed by atoms with Crippen molar-refractivity contribution in [1.29, 1.82) is 0 Å². The average molecular weight is 308 g/mol. The molecular weight excluding hydrogens is 270 g/mol. The van der Waals surface area contributed by atoms with Gasteiger partial charge in [0.2, 0.25) is 0 Å². The number of likely N-dealkylation sites (tertiary alicyclic amines) is 1. The largest absolute Gasteiger partial charge is 0.327 e. The summed E-state index contributed by atoms with van der Waals surface area (Å²) >= 11 is 0. The van der Waals surface area contributed by atoms with Crippen LogP contribution in [0.3, 0.4) is 0 Å². The maximum atomic E-state index is 6.54. The molecule has 0 amide bonds. The zero-order valence-corrected chi connectivity index (χ0v) is 14.8. The van der Waals surface area contributed by atoms with Gasteiger partial charge < -0.3 is 11.5 Å². The standard InChI is InChI=1S/C19H37N3/c1-18(21)9-4-3-5-10-19(2,12-11-18)22-13-8-17(20)16-7-6-15(16)14-22/h15-17H,3-14,20-21H2,1-2H3/t15?,16?,17-,18?,19?/m0/s1. The van der Waals surface area contributed by atoms with Crippen LogP contribution in [0, 0.1) is 11.8 Å². The van der Waals surface area contributed by atoms with E-state index >= 15 is 0 Å². The minimum Gasteiger partial charge on any atom is -0.327 e. The van der Waals surface area contributed by atoms with Gasteiger partial charge in [-0.3, -0.25) is 4.90 Å². The van der Waals surface area contributed by atoms with Crippen LogP contribution in [0.25, 0.3) is 0 Å². The Balaban J connectivity index is 1.71. The number of nitrogens with zero attached hydrogens (tertiary/aromatic N) is 1. The molecule has 2 aliphatic carbocycles. The van der Waals surface area contributed by atoms with Crippen molar-refractivity contribution in [2.75, 3.05) is 13.1 Å². The fourth-order valence-corrected chi connectivity index (χ4v) is 5.10. The molecule has 2 saturated carbocycles. The van der Waals surface area contributed by atoms with E-state index < -0.39 is 0 Å². The number of rotatable bonds is 1. The lowest BCUT2D eigenvalue weighted by Crippen LogP contribution is -2.51. The second kappa shape index (κ2) is 6.41. The van der Waals surface area contributed by atoms with Crippen molar-refractivity contribution in [2.24, 2.45) is 23.3 Å². The Morgan fingerprint density at radius 2 is 1.68 bits per heavy atom. The lowest BCUT2D eigenvalue weighted by atomic mass is 9.69. The number of hydrogen-bond acceptors (Lipinski definition) is 3. The fourth-order valence-electron chi connectivity index (χ4n) is 5.10. The van der Waals surface area contributed by atoms with Crippen molar-refractivity contribution >= 4 is 0 Å². The molecule has 1 aliphatic heterocycles. The molecular formula is C19H37N3. The number of hydrogen-bond donors (Lipinski definition) is 2. The van der Waals surface area contributed by atoms with Crippen molar-refractivity contribution in [1.82, 2.24) is 4.90 Å². The maximum absolute atomic E-state index is 6.54. The molecule has 1 saturated heterocycles. The van der Waals surface area contributed by atoms with Crippen LogP contribution in [0.1, 0.15) is 78.1 Å². The Labute approximate surface area is 137 Å². The Morgan fingerprint density at radius 3 is 2.41 bits per heavy atom. The highest BCUT2D eigenvalue weighted by atomic mass is 15.2. The summed E-state index contributed by atoms with van der Waals surface area (Å²) in [6.45, 7) is 7.26. The summed E-state index contributed by atoms with van der Waals surface area (Å²) in [4.78, 5) is 2.82. The van der Waals surface area contributed by atoms with E-state index in [1.54, 1.807) is 0 Å². The van der Waals surface area contributed by atoms with E-state index in [0.717, 1.165) is 11.8 Å². The van der Waals surface area contributed by atoms with Crippen molar-refractivity contribution in [3.05, 3.63) is 0 Å². The summed E-state index contributed by atoms with van der Waals surface area (Å²) < 4.78 is 0. The maximum Gasteiger partial charge on any atom is 0.0182 e. The molecule has 3 aliphatic rings. The van der Waals surface area contributed by atoms with Gasteiger partial charge in [0.25, 0.3) is 0 Å². The number of fused-ring (bicyclic) bond motifs is 1. The van der Waals surface area contributed by atoms with Crippen molar-refractivity contribution in [3.8, 4) is 0 Å². The van der Waals surface area contributed by atoms with Crippen LogP contribution in [-0.2, 0) is 0 Å². The summed E-state index contributed by atoms with van der Waals surface area (Å²) in [7, 11) is 0. The third kappa shape index (κ3) is 3.52. The molecule has 1 heterocycles. The van der Waals surface area contributed by atoms with Crippen LogP contribution in [0.4, 0.5) is 0 Å². The SMILES string of the molecule is CC1(N)CCCCCC(C)(N2CC[C@H](N)C3CCC3C2)CC1. The van der Waals surface area contributed by atoms with Gasteiger partial charge in [-0.1, -0.05) is 19.3 Å². The quantitative estimate of drug-likeness (QED) is 0.782. The summed E-state index contributed by atoms with van der Waals surface area (Å²) in [5.74, 6) is 1.68. The van der Waals surface area contributed by atoms with Crippen molar-refractivity contribution in [2.45, 2.75) is 95.2 Å². The molecule has 0 aromatic heterocycles. The molecule has 5 atom stereocenters. The topological polar surface area (TPSA) is 55.3 Å². The highest BCUT2D eigenvalue weighted by molar-refractivity contribution is 4.98. The van der Waals surface area contributed by atoms with Crippen LogP contribution in [0.2, 0.25) is 0 Å². The van der Waals surface area contributed by atoms with Gasteiger partial charge in [-0.2, -0.15) is 0 Å². The Bertz CT molecular complexity index is 381.